The minimum Gasteiger partial charge on any atom is -0.502 e. The molecular weight excluding hydrogens is 274 g/mol. The van der Waals surface area contributed by atoms with E-state index in [2.05, 4.69) is 0 Å². The van der Waals surface area contributed by atoms with Gasteiger partial charge in [-0.05, 0) is 43.0 Å². The van der Waals surface area contributed by atoms with Crippen LogP contribution in [0.15, 0.2) is 36.1 Å². The van der Waals surface area contributed by atoms with E-state index in [1.165, 1.54) is 6.08 Å². The van der Waals surface area contributed by atoms with E-state index in [0.29, 0.717) is 18.8 Å². The lowest BCUT2D eigenvalue weighted by molar-refractivity contribution is -0.135. The second kappa shape index (κ2) is 8.99. The smallest absolute Gasteiger partial charge is 0.370 e. The summed E-state index contributed by atoms with van der Waals surface area (Å²) < 4.78 is 5.53. The highest BCUT2D eigenvalue weighted by Crippen LogP contribution is 2.16. The largest absolute Gasteiger partial charge is 0.502 e. The minimum absolute atomic E-state index is 0.100. The lowest BCUT2D eigenvalue weighted by Gasteiger charge is -2.10. The van der Waals surface area contributed by atoms with E-state index in [0.717, 1.165) is 18.4 Å². The first-order valence-electron chi connectivity index (χ1n) is 6.76. The maximum absolute atomic E-state index is 10.3. The lowest BCUT2D eigenvalue weighted by atomic mass is 10.1. The van der Waals surface area contributed by atoms with Crippen molar-refractivity contribution in [3.05, 3.63) is 41.7 Å². The van der Waals surface area contributed by atoms with Gasteiger partial charge in [0, 0.05) is 0 Å². The standard InChI is InChI=1S/C15H21NO5/c16-13(10-17)11-5-7-12(8-6-11)21-9-3-1-2-4-14(18)15(19)20/h4-8,13,17-18H,1-3,9-10,16H2,(H,19,20)/b14-4-. The van der Waals surface area contributed by atoms with Gasteiger partial charge in [-0.2, -0.15) is 0 Å². The summed E-state index contributed by atoms with van der Waals surface area (Å²) in [4.78, 5) is 10.3. The number of carboxylic acid groups (broad SMARTS) is 1. The van der Waals surface area contributed by atoms with Gasteiger partial charge in [-0.25, -0.2) is 4.79 Å². The number of nitrogens with two attached hydrogens (primary N) is 1. The van der Waals surface area contributed by atoms with Crippen molar-refractivity contribution >= 4 is 5.97 Å². The predicted octanol–water partition coefficient (Wildman–Crippen LogP) is 1.75. The Bertz CT molecular complexity index is 469. The van der Waals surface area contributed by atoms with Gasteiger partial charge < -0.3 is 25.8 Å². The Labute approximate surface area is 123 Å². The van der Waals surface area contributed by atoms with E-state index in [4.69, 9.17) is 25.8 Å². The summed E-state index contributed by atoms with van der Waals surface area (Å²) in [5.74, 6) is -1.22. The number of aliphatic hydroxyl groups excluding tert-OH is 2. The van der Waals surface area contributed by atoms with E-state index in [-0.39, 0.29) is 12.6 Å². The van der Waals surface area contributed by atoms with Gasteiger partial charge in [0.15, 0.2) is 5.76 Å². The fourth-order valence-electron chi connectivity index (χ4n) is 1.68. The third-order valence-corrected chi connectivity index (χ3v) is 2.93. The molecule has 0 radical (unpaired) electrons. The van der Waals surface area contributed by atoms with Gasteiger partial charge in [0.25, 0.3) is 0 Å². The van der Waals surface area contributed by atoms with Crippen LogP contribution in [0.4, 0.5) is 0 Å². The molecule has 1 unspecified atom stereocenters. The maximum Gasteiger partial charge on any atom is 0.370 e. The van der Waals surface area contributed by atoms with Crippen LogP contribution in [0, 0.1) is 0 Å². The average Bonchev–Trinajstić information content (AvgIpc) is 2.50. The number of aliphatic hydroxyl groups is 2. The Hall–Kier alpha value is -2.05. The Balaban J connectivity index is 2.24. The normalized spacial score (nSPS) is 13.0. The van der Waals surface area contributed by atoms with Crippen molar-refractivity contribution < 1.29 is 24.9 Å². The van der Waals surface area contributed by atoms with Gasteiger partial charge >= 0.3 is 5.97 Å². The molecule has 1 aromatic carbocycles. The van der Waals surface area contributed by atoms with E-state index < -0.39 is 11.7 Å². The number of benzene rings is 1. The molecule has 0 aliphatic rings. The van der Waals surface area contributed by atoms with Crippen LogP contribution >= 0.6 is 0 Å². The molecule has 1 rings (SSSR count). The molecule has 0 saturated carbocycles. The van der Waals surface area contributed by atoms with Crippen LogP contribution in [0.2, 0.25) is 0 Å². The van der Waals surface area contributed by atoms with Crippen LogP contribution in [0.25, 0.3) is 0 Å². The predicted molar refractivity (Wildman–Crippen MR) is 78.1 cm³/mol. The molecule has 0 saturated heterocycles. The third-order valence-electron chi connectivity index (χ3n) is 2.93. The summed E-state index contributed by atoms with van der Waals surface area (Å²) >= 11 is 0. The van der Waals surface area contributed by atoms with Crippen molar-refractivity contribution in [2.24, 2.45) is 5.73 Å². The first-order chi connectivity index (χ1) is 10.0. The molecule has 0 aliphatic heterocycles. The topological polar surface area (TPSA) is 113 Å². The van der Waals surface area contributed by atoms with Gasteiger partial charge in [-0.3, -0.25) is 0 Å². The average molecular weight is 295 g/mol. The van der Waals surface area contributed by atoms with Crippen molar-refractivity contribution in [2.75, 3.05) is 13.2 Å². The highest BCUT2D eigenvalue weighted by molar-refractivity contribution is 5.83. The van der Waals surface area contributed by atoms with Crippen molar-refractivity contribution in [2.45, 2.75) is 25.3 Å². The van der Waals surface area contributed by atoms with Crippen LogP contribution in [-0.2, 0) is 4.79 Å². The highest BCUT2D eigenvalue weighted by Gasteiger charge is 2.04. The van der Waals surface area contributed by atoms with Gasteiger partial charge in [0.05, 0.1) is 19.3 Å². The van der Waals surface area contributed by atoms with Crippen LogP contribution in [-0.4, -0.2) is 34.5 Å². The summed E-state index contributed by atoms with van der Waals surface area (Å²) in [6, 6.07) is 6.82. The molecule has 0 heterocycles. The van der Waals surface area contributed by atoms with Gasteiger partial charge in [-0.15, -0.1) is 0 Å². The van der Waals surface area contributed by atoms with E-state index >= 15 is 0 Å². The van der Waals surface area contributed by atoms with E-state index in [9.17, 15) is 4.79 Å². The first-order valence-corrected chi connectivity index (χ1v) is 6.76. The molecule has 1 aromatic rings. The molecule has 1 atom stereocenters. The number of hydrogen-bond acceptors (Lipinski definition) is 5. The zero-order valence-electron chi connectivity index (χ0n) is 11.7. The third kappa shape index (κ3) is 6.29. The summed E-state index contributed by atoms with van der Waals surface area (Å²) in [6.45, 7) is 0.407. The number of ether oxygens (including phenoxy) is 1. The zero-order valence-corrected chi connectivity index (χ0v) is 11.7. The van der Waals surface area contributed by atoms with Crippen LogP contribution in [0.3, 0.4) is 0 Å². The molecule has 0 spiro atoms. The van der Waals surface area contributed by atoms with Crippen LogP contribution in [0.1, 0.15) is 30.9 Å². The minimum atomic E-state index is -1.31. The summed E-state index contributed by atoms with van der Waals surface area (Å²) in [7, 11) is 0. The fourth-order valence-corrected chi connectivity index (χ4v) is 1.68. The molecule has 21 heavy (non-hydrogen) atoms. The molecule has 0 bridgehead atoms. The molecule has 0 aromatic heterocycles. The number of unbranched alkanes of at least 4 members (excludes halogenated alkanes) is 2. The molecule has 6 heteroatoms. The second-order valence-electron chi connectivity index (χ2n) is 4.60. The quantitative estimate of drug-likeness (QED) is 0.313. The van der Waals surface area contributed by atoms with Gasteiger partial charge in [-0.1, -0.05) is 12.1 Å². The highest BCUT2D eigenvalue weighted by atomic mass is 16.5. The summed E-state index contributed by atoms with van der Waals surface area (Å²) in [5.41, 5.74) is 6.53. The Morgan fingerprint density at radius 3 is 2.48 bits per heavy atom. The van der Waals surface area contributed by atoms with Crippen molar-refractivity contribution in [3.63, 3.8) is 0 Å². The number of rotatable bonds is 9. The molecule has 0 aliphatic carbocycles. The molecular formula is C15H21NO5. The maximum atomic E-state index is 10.3. The SMILES string of the molecule is NC(CO)c1ccc(OCCCC/C=C(\O)C(=O)O)cc1. The monoisotopic (exact) mass is 295 g/mol. The zero-order chi connectivity index (χ0) is 15.7. The summed E-state index contributed by atoms with van der Waals surface area (Å²) in [5, 5.41) is 26.3. The fraction of sp³-hybridized carbons (Fsp3) is 0.400. The Morgan fingerprint density at radius 2 is 1.90 bits per heavy atom. The van der Waals surface area contributed by atoms with E-state index in [1.54, 1.807) is 12.1 Å². The number of aliphatic carboxylic acids is 1. The Kier molecular flexibility index (Phi) is 7.28. The molecule has 6 nitrogen and oxygen atoms in total. The van der Waals surface area contributed by atoms with E-state index in [1.807, 2.05) is 12.1 Å². The number of allylic oxidation sites excluding steroid dienone is 1. The van der Waals surface area contributed by atoms with Crippen molar-refractivity contribution in [1.82, 2.24) is 0 Å². The second-order valence-corrected chi connectivity index (χ2v) is 4.60. The van der Waals surface area contributed by atoms with Gasteiger partial charge in [0.2, 0.25) is 0 Å². The number of carbonyl (C=O) groups is 1. The van der Waals surface area contributed by atoms with Crippen LogP contribution < -0.4 is 10.5 Å². The van der Waals surface area contributed by atoms with Crippen molar-refractivity contribution in [1.29, 1.82) is 0 Å². The van der Waals surface area contributed by atoms with Crippen LogP contribution in [0.5, 0.6) is 5.75 Å². The molecule has 116 valence electrons. The molecule has 0 fully saturated rings. The number of hydrogen-bond donors (Lipinski definition) is 4. The summed E-state index contributed by atoms with van der Waals surface area (Å²) in [6.07, 6.45) is 3.26. The molecule has 0 amide bonds. The Morgan fingerprint density at radius 1 is 1.24 bits per heavy atom. The first kappa shape index (κ1) is 17.0. The lowest BCUT2D eigenvalue weighted by Crippen LogP contribution is -2.14. The van der Waals surface area contributed by atoms with Crippen molar-refractivity contribution in [3.8, 4) is 5.75 Å². The number of carboxylic acids is 1. The van der Waals surface area contributed by atoms with Gasteiger partial charge in [0.1, 0.15) is 5.75 Å². The molecule has 5 N–H and O–H groups in total.